The molecule has 2 unspecified atom stereocenters. The van der Waals surface area contributed by atoms with E-state index in [0.29, 0.717) is 19.0 Å². The van der Waals surface area contributed by atoms with Crippen LogP contribution in [0.15, 0.2) is 72.1 Å². The van der Waals surface area contributed by atoms with Crippen molar-refractivity contribution in [3.05, 3.63) is 94.6 Å². The Kier molecular flexibility index (Phi) is 6.94. The molecule has 2 aromatic heterocycles. The first-order chi connectivity index (χ1) is 21.4. The quantitative estimate of drug-likeness (QED) is 0.213. The summed E-state index contributed by atoms with van der Waals surface area (Å²) in [6.07, 6.45) is 3.07. The number of carboxylic acids is 1. The number of para-hydroxylation sites is 1. The molecular formula is C35H35N3O5S. The van der Waals surface area contributed by atoms with Crippen molar-refractivity contribution in [3.63, 3.8) is 0 Å². The summed E-state index contributed by atoms with van der Waals surface area (Å²) in [6, 6.07) is 22.1. The van der Waals surface area contributed by atoms with Crippen LogP contribution in [0.3, 0.4) is 0 Å². The zero-order chi connectivity index (χ0) is 29.8. The van der Waals surface area contributed by atoms with Crippen molar-refractivity contribution in [1.82, 2.24) is 14.5 Å². The maximum Gasteiger partial charge on any atom is 0.335 e. The first-order valence-electron chi connectivity index (χ1n) is 15.4. The average molecular weight is 610 g/mol. The van der Waals surface area contributed by atoms with Gasteiger partial charge in [-0.15, -0.1) is 11.3 Å². The van der Waals surface area contributed by atoms with Gasteiger partial charge in [-0.3, -0.25) is 4.90 Å². The molecule has 0 spiro atoms. The van der Waals surface area contributed by atoms with Crippen LogP contribution in [0.4, 0.5) is 0 Å². The topological polar surface area (TPSA) is 86.1 Å². The molecule has 2 saturated heterocycles. The second kappa shape index (κ2) is 11.0. The summed E-state index contributed by atoms with van der Waals surface area (Å²) in [6.45, 7) is 6.07. The molecule has 1 N–H and O–H groups in total. The highest BCUT2D eigenvalue weighted by molar-refractivity contribution is 7.17. The van der Waals surface area contributed by atoms with Gasteiger partial charge in [0.2, 0.25) is 5.79 Å². The van der Waals surface area contributed by atoms with Gasteiger partial charge in [0.1, 0.15) is 11.6 Å². The Balaban J connectivity index is 1.02. The molecule has 0 saturated carbocycles. The molecule has 226 valence electrons. The van der Waals surface area contributed by atoms with Crippen molar-refractivity contribution in [2.75, 3.05) is 19.7 Å². The molecule has 0 radical (unpaired) electrons. The van der Waals surface area contributed by atoms with Gasteiger partial charge in [-0.05, 0) is 91.5 Å². The Morgan fingerprint density at radius 3 is 2.70 bits per heavy atom. The molecule has 9 heteroatoms. The van der Waals surface area contributed by atoms with Crippen LogP contribution in [0.25, 0.3) is 21.1 Å². The van der Waals surface area contributed by atoms with Gasteiger partial charge in [0, 0.05) is 29.4 Å². The number of carboxylic acid groups (broad SMARTS) is 1. The van der Waals surface area contributed by atoms with E-state index in [1.165, 1.54) is 10.1 Å². The zero-order valence-electron chi connectivity index (χ0n) is 24.6. The van der Waals surface area contributed by atoms with Crippen LogP contribution < -0.4 is 4.74 Å². The molecule has 8 nitrogen and oxygen atoms in total. The van der Waals surface area contributed by atoms with Crippen molar-refractivity contribution in [3.8, 4) is 5.75 Å². The predicted octanol–water partition coefficient (Wildman–Crippen LogP) is 6.97. The van der Waals surface area contributed by atoms with Crippen molar-refractivity contribution >= 4 is 38.4 Å². The summed E-state index contributed by atoms with van der Waals surface area (Å²) < 4.78 is 22.7. The molecule has 3 aliphatic heterocycles. The Morgan fingerprint density at radius 1 is 1.07 bits per heavy atom. The molecule has 44 heavy (non-hydrogen) atoms. The van der Waals surface area contributed by atoms with Gasteiger partial charge in [0.05, 0.1) is 41.9 Å². The molecule has 5 aromatic rings. The minimum atomic E-state index is -0.928. The molecule has 5 heterocycles. The number of likely N-dealkylation sites (tertiary alicyclic amines) is 1. The van der Waals surface area contributed by atoms with E-state index < -0.39 is 11.8 Å². The summed E-state index contributed by atoms with van der Waals surface area (Å²) in [5, 5.41) is 12.9. The minimum absolute atomic E-state index is 0.0694. The van der Waals surface area contributed by atoms with E-state index in [-0.39, 0.29) is 17.8 Å². The molecule has 3 aromatic carbocycles. The SMILES string of the molecule is CC1(c2ccc3sccc3c2)Oc2ccccc2C(C2CCN(Cc3nc4ccc(C(=O)O)cc4n3C[C@@H]3CCO3)CC2)O1. The van der Waals surface area contributed by atoms with E-state index in [0.717, 1.165) is 72.7 Å². The van der Waals surface area contributed by atoms with E-state index in [9.17, 15) is 9.90 Å². The lowest BCUT2D eigenvalue weighted by atomic mass is 9.85. The number of piperidine rings is 1. The maximum atomic E-state index is 11.7. The Bertz CT molecular complexity index is 1850. The molecule has 2 fully saturated rings. The van der Waals surface area contributed by atoms with Gasteiger partial charge < -0.3 is 23.9 Å². The van der Waals surface area contributed by atoms with Crippen molar-refractivity contribution in [2.45, 2.75) is 57.3 Å². The van der Waals surface area contributed by atoms with Crippen LogP contribution in [0, 0.1) is 5.92 Å². The number of aromatic nitrogens is 2. The van der Waals surface area contributed by atoms with Gasteiger partial charge in [0.15, 0.2) is 0 Å². The van der Waals surface area contributed by atoms with Gasteiger partial charge in [-0.2, -0.15) is 0 Å². The average Bonchev–Trinajstić information content (AvgIpc) is 3.62. The van der Waals surface area contributed by atoms with Gasteiger partial charge in [-0.1, -0.05) is 24.3 Å². The number of hydrogen-bond acceptors (Lipinski definition) is 7. The van der Waals surface area contributed by atoms with Crippen molar-refractivity contribution < 1.29 is 24.1 Å². The van der Waals surface area contributed by atoms with E-state index in [1.54, 1.807) is 23.5 Å². The third-order valence-corrected chi connectivity index (χ3v) is 10.4. The van der Waals surface area contributed by atoms with Crippen molar-refractivity contribution in [1.29, 1.82) is 0 Å². The van der Waals surface area contributed by atoms with Crippen LogP contribution in [0.2, 0.25) is 0 Å². The maximum absolute atomic E-state index is 11.7. The van der Waals surface area contributed by atoms with Crippen molar-refractivity contribution in [2.24, 2.45) is 5.92 Å². The third kappa shape index (κ3) is 4.98. The predicted molar refractivity (Wildman–Crippen MR) is 169 cm³/mol. The number of aromatic carboxylic acids is 1. The molecule has 0 aliphatic carbocycles. The van der Waals surface area contributed by atoms with E-state index >= 15 is 0 Å². The Labute approximate surface area is 259 Å². The van der Waals surface area contributed by atoms with Crippen LogP contribution >= 0.6 is 11.3 Å². The Morgan fingerprint density at radius 2 is 1.91 bits per heavy atom. The fourth-order valence-electron chi connectivity index (χ4n) is 6.95. The number of rotatable bonds is 7. The molecule has 3 aliphatic rings. The number of nitrogens with zero attached hydrogens (tertiary/aromatic N) is 3. The van der Waals surface area contributed by atoms with Gasteiger partial charge in [-0.25, -0.2) is 9.78 Å². The second-order valence-electron chi connectivity index (χ2n) is 12.3. The number of ether oxygens (including phenoxy) is 3. The van der Waals surface area contributed by atoms with Crippen LogP contribution in [0.5, 0.6) is 5.75 Å². The highest BCUT2D eigenvalue weighted by Gasteiger charge is 2.43. The molecular weight excluding hydrogens is 574 g/mol. The highest BCUT2D eigenvalue weighted by Crippen LogP contribution is 2.48. The molecule has 8 rings (SSSR count). The number of imidazole rings is 1. The fourth-order valence-corrected chi connectivity index (χ4v) is 7.72. The number of fused-ring (bicyclic) bond motifs is 3. The molecule has 0 bridgehead atoms. The fraction of sp³-hybridized carbons (Fsp3) is 0.371. The highest BCUT2D eigenvalue weighted by atomic mass is 32.1. The van der Waals surface area contributed by atoms with E-state index in [1.807, 2.05) is 19.1 Å². The second-order valence-corrected chi connectivity index (χ2v) is 13.3. The zero-order valence-corrected chi connectivity index (χ0v) is 25.5. The first-order valence-corrected chi connectivity index (χ1v) is 16.3. The normalized spacial score (nSPS) is 24.2. The Hall–Kier alpha value is -3.76. The lowest BCUT2D eigenvalue weighted by molar-refractivity contribution is -0.242. The number of thiophene rings is 1. The monoisotopic (exact) mass is 609 g/mol. The van der Waals surface area contributed by atoms with E-state index in [4.69, 9.17) is 19.2 Å². The summed E-state index contributed by atoms with van der Waals surface area (Å²) in [5.74, 6) is 0.395. The first kappa shape index (κ1) is 27.8. The summed E-state index contributed by atoms with van der Waals surface area (Å²) >= 11 is 1.74. The molecule has 3 atom stereocenters. The number of carbonyl (C=O) groups is 1. The van der Waals surface area contributed by atoms with E-state index in [2.05, 4.69) is 57.3 Å². The van der Waals surface area contributed by atoms with Crippen LogP contribution in [-0.2, 0) is 28.4 Å². The smallest absolute Gasteiger partial charge is 0.335 e. The summed E-state index contributed by atoms with van der Waals surface area (Å²) in [5.41, 5.74) is 4.11. The largest absolute Gasteiger partial charge is 0.478 e. The van der Waals surface area contributed by atoms with Crippen LogP contribution in [-0.4, -0.2) is 51.3 Å². The minimum Gasteiger partial charge on any atom is -0.478 e. The number of benzene rings is 3. The van der Waals surface area contributed by atoms with Crippen LogP contribution in [0.1, 0.15) is 59.6 Å². The summed E-state index contributed by atoms with van der Waals surface area (Å²) in [7, 11) is 0. The standard InChI is InChI=1S/C35H35N3O5S/c1-35(25-7-9-31-23(18-25)13-17-44-31)42-30-5-3-2-4-27(30)33(43-35)22-10-14-37(15-11-22)21-32-36-28-8-6-24(34(39)40)19-29(28)38(32)20-26-12-16-41-26/h2-9,13,17-19,22,26,33H,10-12,14-16,20-21H2,1H3,(H,39,40)/t26-,33?,35?/m0/s1. The summed E-state index contributed by atoms with van der Waals surface area (Å²) in [4.78, 5) is 19.1. The molecule has 0 amide bonds. The number of hydrogen-bond donors (Lipinski definition) is 1. The van der Waals surface area contributed by atoms with Gasteiger partial charge >= 0.3 is 5.97 Å². The van der Waals surface area contributed by atoms with Gasteiger partial charge in [0.25, 0.3) is 0 Å². The lowest BCUT2D eigenvalue weighted by Gasteiger charge is -2.45. The third-order valence-electron chi connectivity index (χ3n) is 9.54. The lowest BCUT2D eigenvalue weighted by Crippen LogP contribution is -2.43.